The van der Waals surface area contributed by atoms with Crippen molar-refractivity contribution in [1.82, 2.24) is 0 Å². The molecule has 0 aromatic carbocycles. The van der Waals surface area contributed by atoms with Crippen LogP contribution in [0.3, 0.4) is 0 Å². The summed E-state index contributed by atoms with van der Waals surface area (Å²) in [4.78, 5) is 10.9. The highest BCUT2D eigenvalue weighted by atomic mass is 16.4. The lowest BCUT2D eigenvalue weighted by Crippen LogP contribution is -2.66. The summed E-state index contributed by atoms with van der Waals surface area (Å²) in [7, 11) is 0. The first-order chi connectivity index (χ1) is 6.66. The minimum absolute atomic E-state index is 0.273. The maximum absolute atomic E-state index is 10.9. The van der Waals surface area contributed by atoms with Crippen LogP contribution in [0.15, 0.2) is 0 Å². The molecule has 4 rings (SSSR count). The summed E-state index contributed by atoms with van der Waals surface area (Å²) in [6.45, 7) is 0. The summed E-state index contributed by atoms with van der Waals surface area (Å²) in [6.07, 6.45) is 7.19. The lowest BCUT2D eigenvalue weighted by molar-refractivity contribution is -0.247. The quantitative estimate of drug-likeness (QED) is 0.728. The summed E-state index contributed by atoms with van der Waals surface area (Å²) < 4.78 is 0. The molecule has 5 atom stereocenters. The number of hydrogen-bond donors (Lipinski definition) is 1. The van der Waals surface area contributed by atoms with E-state index in [9.17, 15) is 4.79 Å². The fraction of sp³-hybridized carbons (Fsp3) is 0.917. The Labute approximate surface area is 83.7 Å². The molecule has 0 aliphatic heterocycles. The Morgan fingerprint density at radius 1 is 1.21 bits per heavy atom. The number of carbonyl (C=O) groups is 1. The number of aliphatic carboxylic acids is 1. The molecule has 76 valence electrons. The Hall–Kier alpha value is -0.530. The molecule has 14 heavy (non-hydrogen) atoms. The van der Waals surface area contributed by atoms with Crippen molar-refractivity contribution in [2.24, 2.45) is 28.6 Å². The van der Waals surface area contributed by atoms with Crippen LogP contribution in [-0.2, 0) is 4.79 Å². The van der Waals surface area contributed by atoms with Crippen LogP contribution in [0, 0.1) is 28.6 Å². The van der Waals surface area contributed by atoms with Gasteiger partial charge in [-0.1, -0.05) is 0 Å². The fourth-order valence-corrected chi connectivity index (χ4v) is 6.00. The van der Waals surface area contributed by atoms with Gasteiger partial charge < -0.3 is 5.11 Å². The van der Waals surface area contributed by atoms with Gasteiger partial charge in [-0.15, -0.1) is 0 Å². The topological polar surface area (TPSA) is 37.3 Å². The van der Waals surface area contributed by atoms with Crippen molar-refractivity contribution >= 4 is 5.97 Å². The second-order valence-corrected chi connectivity index (χ2v) is 6.23. The molecule has 4 aliphatic carbocycles. The predicted molar refractivity (Wildman–Crippen MR) is 50.7 cm³/mol. The highest BCUT2D eigenvalue weighted by Crippen LogP contribution is 2.87. The Kier molecular flexibility index (Phi) is 1.04. The molecular formula is C12H16O2. The molecule has 0 aromatic heterocycles. The number of hydrogen-bond acceptors (Lipinski definition) is 1. The van der Waals surface area contributed by atoms with Gasteiger partial charge in [0.2, 0.25) is 0 Å². The van der Waals surface area contributed by atoms with E-state index in [1.807, 2.05) is 0 Å². The van der Waals surface area contributed by atoms with Gasteiger partial charge in [0.05, 0.1) is 6.42 Å². The Balaban J connectivity index is 1.74. The van der Waals surface area contributed by atoms with E-state index < -0.39 is 5.97 Å². The number of carboxylic acids is 1. The Morgan fingerprint density at radius 2 is 2.07 bits per heavy atom. The zero-order valence-electron chi connectivity index (χ0n) is 8.33. The van der Waals surface area contributed by atoms with Crippen LogP contribution >= 0.6 is 0 Å². The van der Waals surface area contributed by atoms with E-state index in [0.717, 1.165) is 17.8 Å². The van der Waals surface area contributed by atoms with Gasteiger partial charge in [-0.2, -0.15) is 0 Å². The molecule has 1 spiro atoms. The number of carboxylic acid groups (broad SMARTS) is 1. The van der Waals surface area contributed by atoms with Crippen LogP contribution in [0.2, 0.25) is 0 Å². The third-order valence-electron chi connectivity index (χ3n) is 6.06. The first kappa shape index (κ1) is 7.72. The van der Waals surface area contributed by atoms with Crippen LogP contribution < -0.4 is 0 Å². The van der Waals surface area contributed by atoms with Crippen molar-refractivity contribution in [3.8, 4) is 0 Å². The van der Waals surface area contributed by atoms with E-state index in [-0.39, 0.29) is 5.41 Å². The lowest BCUT2D eigenvalue weighted by atomic mass is 9.31. The molecule has 0 amide bonds. The molecule has 4 aliphatic rings. The molecule has 0 aromatic rings. The van der Waals surface area contributed by atoms with Gasteiger partial charge in [0, 0.05) is 0 Å². The number of fused-ring (bicyclic) bond motifs is 1. The molecule has 0 saturated heterocycles. The molecule has 1 N–H and O–H groups in total. The van der Waals surface area contributed by atoms with Crippen molar-refractivity contribution in [3.63, 3.8) is 0 Å². The SMILES string of the molecule is O=C(O)CC12CC3CC4CC(C1)C42C3. The van der Waals surface area contributed by atoms with Gasteiger partial charge >= 0.3 is 5.97 Å². The predicted octanol–water partition coefficient (Wildman–Crippen LogP) is 2.29. The van der Waals surface area contributed by atoms with Crippen molar-refractivity contribution in [2.75, 3.05) is 0 Å². The maximum Gasteiger partial charge on any atom is 0.303 e. The van der Waals surface area contributed by atoms with Crippen LogP contribution in [0.5, 0.6) is 0 Å². The standard InChI is InChI=1S/C12H16O2/c13-10(14)6-11-3-7-1-8-2-9(5-11)12(8,11)4-7/h7-9H,1-6H2,(H,13,14). The van der Waals surface area contributed by atoms with Gasteiger partial charge in [-0.25, -0.2) is 0 Å². The van der Waals surface area contributed by atoms with Crippen LogP contribution in [-0.4, -0.2) is 11.1 Å². The minimum Gasteiger partial charge on any atom is -0.481 e. The van der Waals surface area contributed by atoms with E-state index in [4.69, 9.17) is 5.11 Å². The average molecular weight is 192 g/mol. The zero-order chi connectivity index (χ0) is 9.55. The Morgan fingerprint density at radius 3 is 2.71 bits per heavy atom. The van der Waals surface area contributed by atoms with Gasteiger partial charge in [0.15, 0.2) is 0 Å². The second-order valence-electron chi connectivity index (χ2n) is 6.23. The van der Waals surface area contributed by atoms with Crippen LogP contribution in [0.25, 0.3) is 0 Å². The summed E-state index contributed by atoms with van der Waals surface area (Å²) in [5, 5.41) is 9.02. The van der Waals surface area contributed by atoms with Crippen LogP contribution in [0.1, 0.15) is 38.5 Å². The monoisotopic (exact) mass is 192 g/mol. The third-order valence-corrected chi connectivity index (χ3v) is 6.06. The van der Waals surface area contributed by atoms with Gasteiger partial charge in [-0.05, 0) is 60.7 Å². The maximum atomic E-state index is 10.9. The highest BCUT2D eigenvalue weighted by Gasteiger charge is 2.80. The van der Waals surface area contributed by atoms with E-state index in [2.05, 4.69) is 0 Å². The van der Waals surface area contributed by atoms with Crippen LogP contribution in [0.4, 0.5) is 0 Å². The number of rotatable bonds is 2. The van der Waals surface area contributed by atoms with E-state index in [0.29, 0.717) is 11.8 Å². The smallest absolute Gasteiger partial charge is 0.303 e. The Bertz CT molecular complexity index is 337. The first-order valence-electron chi connectivity index (χ1n) is 5.88. The van der Waals surface area contributed by atoms with Gasteiger partial charge in [0.25, 0.3) is 0 Å². The molecule has 2 heteroatoms. The second kappa shape index (κ2) is 1.89. The van der Waals surface area contributed by atoms with Gasteiger partial charge in [0.1, 0.15) is 0 Å². The molecular weight excluding hydrogens is 176 g/mol. The molecule has 4 saturated carbocycles. The fourth-order valence-electron chi connectivity index (χ4n) is 6.00. The lowest BCUT2D eigenvalue weighted by Gasteiger charge is -2.73. The van der Waals surface area contributed by atoms with Gasteiger partial charge in [-0.3, -0.25) is 4.79 Å². The largest absolute Gasteiger partial charge is 0.481 e. The van der Waals surface area contributed by atoms with E-state index >= 15 is 0 Å². The highest BCUT2D eigenvalue weighted by molar-refractivity contribution is 5.68. The summed E-state index contributed by atoms with van der Waals surface area (Å²) >= 11 is 0. The van der Waals surface area contributed by atoms with Crippen molar-refractivity contribution < 1.29 is 9.90 Å². The van der Waals surface area contributed by atoms with Crippen molar-refractivity contribution in [2.45, 2.75) is 38.5 Å². The molecule has 0 heterocycles. The molecule has 2 nitrogen and oxygen atoms in total. The first-order valence-corrected chi connectivity index (χ1v) is 5.88. The average Bonchev–Trinajstić information content (AvgIpc) is 2.49. The summed E-state index contributed by atoms with van der Waals surface area (Å²) in [5.41, 5.74) is 0.825. The minimum atomic E-state index is -0.559. The van der Waals surface area contributed by atoms with E-state index in [1.54, 1.807) is 0 Å². The molecule has 5 unspecified atom stereocenters. The van der Waals surface area contributed by atoms with Crippen molar-refractivity contribution in [3.05, 3.63) is 0 Å². The summed E-state index contributed by atoms with van der Waals surface area (Å²) in [5.74, 6) is 2.20. The molecule has 2 bridgehead atoms. The molecule has 4 fully saturated rings. The summed E-state index contributed by atoms with van der Waals surface area (Å²) in [6, 6.07) is 0. The zero-order valence-corrected chi connectivity index (χ0v) is 8.33. The van der Waals surface area contributed by atoms with Crippen molar-refractivity contribution in [1.29, 1.82) is 0 Å². The molecule has 0 radical (unpaired) electrons. The third kappa shape index (κ3) is 0.535. The van der Waals surface area contributed by atoms with E-state index in [1.165, 1.54) is 32.1 Å². The normalized spacial score (nSPS) is 61.6.